The van der Waals surface area contributed by atoms with E-state index in [1.807, 2.05) is 0 Å². The van der Waals surface area contributed by atoms with Crippen LogP contribution in [0.2, 0.25) is 5.02 Å². The quantitative estimate of drug-likeness (QED) is 0.550. The molecule has 1 aromatic heterocycles. The smallest absolute Gasteiger partial charge is 0.265 e. The Labute approximate surface area is 194 Å². The highest BCUT2D eigenvalue weighted by molar-refractivity contribution is 7.13. The lowest BCUT2D eigenvalue weighted by Gasteiger charge is -2.34. The Morgan fingerprint density at radius 2 is 1.59 bits per heavy atom. The zero-order chi connectivity index (χ0) is 22.7. The van der Waals surface area contributed by atoms with Gasteiger partial charge in [-0.2, -0.15) is 0 Å². The summed E-state index contributed by atoms with van der Waals surface area (Å²) in [6.07, 6.45) is 0. The maximum Gasteiger partial charge on any atom is 0.265 e. The molecule has 0 bridgehead atoms. The number of aromatic nitrogens is 1. The maximum atomic E-state index is 13.0. The van der Waals surface area contributed by atoms with Crippen LogP contribution < -0.4 is 4.74 Å². The number of aryl methyl sites for hydroxylation is 1. The lowest BCUT2D eigenvalue weighted by molar-refractivity contribution is 0.0537. The molecule has 0 radical (unpaired) electrons. The minimum absolute atomic E-state index is 0.0667. The van der Waals surface area contributed by atoms with E-state index in [1.165, 1.54) is 23.5 Å². The average Bonchev–Trinajstić information content (AvgIpc) is 3.19. The summed E-state index contributed by atoms with van der Waals surface area (Å²) in [6, 6.07) is 12.6. The summed E-state index contributed by atoms with van der Waals surface area (Å²) in [7, 11) is 0. The zero-order valence-electron chi connectivity index (χ0n) is 17.4. The first-order valence-corrected chi connectivity index (χ1v) is 11.3. The van der Waals surface area contributed by atoms with Crippen LogP contribution in [0.4, 0.5) is 4.39 Å². The number of piperazine rings is 1. The van der Waals surface area contributed by atoms with Crippen LogP contribution in [0.25, 0.3) is 0 Å². The molecule has 2 heterocycles. The fraction of sp³-hybridized carbons (Fsp3) is 0.261. The molecule has 0 atom stereocenters. The van der Waals surface area contributed by atoms with Crippen LogP contribution in [0, 0.1) is 12.7 Å². The van der Waals surface area contributed by atoms with Gasteiger partial charge >= 0.3 is 0 Å². The van der Waals surface area contributed by atoms with E-state index in [-0.39, 0.29) is 24.2 Å². The minimum atomic E-state index is -0.328. The van der Waals surface area contributed by atoms with Gasteiger partial charge in [-0.05, 0) is 55.5 Å². The van der Waals surface area contributed by atoms with Gasteiger partial charge in [-0.25, -0.2) is 9.37 Å². The van der Waals surface area contributed by atoms with Gasteiger partial charge in [0.15, 0.2) is 0 Å². The van der Waals surface area contributed by atoms with Crippen molar-refractivity contribution in [1.29, 1.82) is 0 Å². The van der Waals surface area contributed by atoms with Crippen LogP contribution in [0.1, 0.15) is 30.7 Å². The molecule has 32 heavy (non-hydrogen) atoms. The van der Waals surface area contributed by atoms with Crippen molar-refractivity contribution in [1.82, 2.24) is 14.8 Å². The number of halogens is 2. The van der Waals surface area contributed by atoms with E-state index in [1.54, 1.807) is 53.1 Å². The van der Waals surface area contributed by atoms with E-state index in [0.717, 1.165) is 0 Å². The summed E-state index contributed by atoms with van der Waals surface area (Å²) in [4.78, 5) is 34.2. The molecular weight excluding hydrogens is 453 g/mol. The molecule has 6 nitrogen and oxygen atoms in total. The first kappa shape index (κ1) is 22.2. The zero-order valence-corrected chi connectivity index (χ0v) is 19.0. The van der Waals surface area contributed by atoms with E-state index < -0.39 is 0 Å². The lowest BCUT2D eigenvalue weighted by Crippen LogP contribution is -2.50. The summed E-state index contributed by atoms with van der Waals surface area (Å²) < 4.78 is 18.6. The molecule has 9 heteroatoms. The number of hydrogen-bond donors (Lipinski definition) is 0. The number of ether oxygens (including phenoxy) is 1. The Balaban J connectivity index is 1.34. The molecule has 2 amide bonds. The highest BCUT2D eigenvalue weighted by atomic mass is 35.5. The first-order chi connectivity index (χ1) is 15.4. The van der Waals surface area contributed by atoms with Crippen molar-refractivity contribution in [3.8, 4) is 5.75 Å². The molecule has 1 fully saturated rings. The van der Waals surface area contributed by atoms with Gasteiger partial charge in [0.05, 0.1) is 5.69 Å². The number of nitrogens with zero attached hydrogens (tertiary/aromatic N) is 3. The van der Waals surface area contributed by atoms with Crippen LogP contribution in [0.15, 0.2) is 48.5 Å². The monoisotopic (exact) mass is 473 g/mol. The van der Waals surface area contributed by atoms with Crippen molar-refractivity contribution in [2.24, 2.45) is 0 Å². The molecule has 0 aliphatic carbocycles. The molecule has 3 aromatic rings. The number of carbonyl (C=O) groups excluding carboxylic acids is 2. The summed E-state index contributed by atoms with van der Waals surface area (Å²) >= 11 is 7.19. The minimum Gasteiger partial charge on any atom is -0.486 e. The molecule has 1 aliphatic rings. The van der Waals surface area contributed by atoms with Crippen molar-refractivity contribution in [3.05, 3.63) is 80.5 Å². The predicted octanol–water partition coefficient (Wildman–Crippen LogP) is 4.42. The summed E-state index contributed by atoms with van der Waals surface area (Å²) in [5, 5.41) is 1.26. The Bertz CT molecular complexity index is 1110. The van der Waals surface area contributed by atoms with E-state index in [4.69, 9.17) is 16.3 Å². The number of rotatable bonds is 5. The fourth-order valence-corrected chi connectivity index (χ4v) is 4.49. The van der Waals surface area contributed by atoms with Crippen LogP contribution in [-0.4, -0.2) is 52.8 Å². The molecule has 4 rings (SSSR count). The van der Waals surface area contributed by atoms with Crippen molar-refractivity contribution in [2.75, 3.05) is 26.2 Å². The van der Waals surface area contributed by atoms with Gasteiger partial charge in [0.1, 0.15) is 28.1 Å². The molecule has 0 N–H and O–H groups in total. The maximum absolute atomic E-state index is 13.0. The van der Waals surface area contributed by atoms with Gasteiger partial charge < -0.3 is 14.5 Å². The predicted molar refractivity (Wildman–Crippen MR) is 121 cm³/mol. The Morgan fingerprint density at radius 1 is 1.00 bits per heavy atom. The Morgan fingerprint density at radius 3 is 2.22 bits per heavy atom. The summed E-state index contributed by atoms with van der Waals surface area (Å²) in [5.74, 6) is 0.0495. The van der Waals surface area contributed by atoms with Crippen molar-refractivity contribution >= 4 is 34.8 Å². The Kier molecular flexibility index (Phi) is 6.72. The molecule has 0 saturated carbocycles. The highest BCUT2D eigenvalue weighted by Gasteiger charge is 2.27. The van der Waals surface area contributed by atoms with E-state index >= 15 is 0 Å². The second-order valence-electron chi connectivity index (χ2n) is 7.36. The summed E-state index contributed by atoms with van der Waals surface area (Å²) in [6.45, 7) is 3.84. The van der Waals surface area contributed by atoms with Crippen molar-refractivity contribution in [2.45, 2.75) is 13.5 Å². The van der Waals surface area contributed by atoms with E-state index in [9.17, 15) is 14.0 Å². The lowest BCUT2D eigenvalue weighted by atomic mass is 10.2. The van der Waals surface area contributed by atoms with Crippen molar-refractivity contribution < 1.29 is 18.7 Å². The third-order valence-corrected chi connectivity index (χ3v) is 6.53. The molecule has 0 spiro atoms. The van der Waals surface area contributed by atoms with Crippen LogP contribution in [0.5, 0.6) is 5.75 Å². The molecule has 166 valence electrons. The number of thiazole rings is 1. The van der Waals surface area contributed by atoms with E-state index in [0.29, 0.717) is 58.1 Å². The first-order valence-electron chi connectivity index (χ1n) is 10.1. The number of benzene rings is 2. The molecule has 1 saturated heterocycles. The second kappa shape index (κ2) is 9.67. The number of hydrogen-bond acceptors (Lipinski definition) is 5. The second-order valence-corrected chi connectivity index (χ2v) is 8.88. The standard InChI is InChI=1S/C23H21ClFN3O3S/c1-15-21(32-20(26-15)14-31-19-8-6-18(25)7-9-19)23(30)28-12-10-27(11-13-28)22(29)16-2-4-17(24)5-3-16/h2-9H,10-14H2,1H3. The fourth-order valence-electron chi connectivity index (χ4n) is 3.42. The van der Waals surface area contributed by atoms with Crippen LogP contribution in [0.3, 0.4) is 0 Å². The average molecular weight is 474 g/mol. The Hall–Kier alpha value is -2.97. The van der Waals surface area contributed by atoms with E-state index in [2.05, 4.69) is 4.98 Å². The van der Waals surface area contributed by atoms with Gasteiger partial charge in [-0.1, -0.05) is 11.6 Å². The topological polar surface area (TPSA) is 62.7 Å². The summed E-state index contributed by atoms with van der Waals surface area (Å²) in [5.41, 5.74) is 1.23. The SMILES string of the molecule is Cc1nc(COc2ccc(F)cc2)sc1C(=O)N1CCN(C(=O)c2ccc(Cl)cc2)CC1. The van der Waals surface area contributed by atoms with Crippen molar-refractivity contribution in [3.63, 3.8) is 0 Å². The van der Waals surface area contributed by atoms with Gasteiger partial charge in [0.2, 0.25) is 0 Å². The number of amides is 2. The van der Waals surface area contributed by atoms with Gasteiger partial charge in [-0.15, -0.1) is 11.3 Å². The third kappa shape index (κ3) is 5.08. The molecule has 0 unspecified atom stereocenters. The van der Waals surface area contributed by atoms with Gasteiger partial charge in [0.25, 0.3) is 11.8 Å². The largest absolute Gasteiger partial charge is 0.486 e. The molecule has 2 aromatic carbocycles. The molecule has 1 aliphatic heterocycles. The normalized spacial score (nSPS) is 13.8. The van der Waals surface area contributed by atoms with Crippen LogP contribution in [-0.2, 0) is 6.61 Å². The number of carbonyl (C=O) groups is 2. The highest BCUT2D eigenvalue weighted by Crippen LogP contribution is 2.23. The molecular formula is C23H21ClFN3O3S. The third-order valence-electron chi connectivity index (χ3n) is 5.16. The van der Waals surface area contributed by atoms with Gasteiger partial charge in [-0.3, -0.25) is 9.59 Å². The van der Waals surface area contributed by atoms with Gasteiger partial charge in [0, 0.05) is 36.8 Å². The van der Waals surface area contributed by atoms with Crippen LogP contribution >= 0.6 is 22.9 Å².